The van der Waals surface area contributed by atoms with Crippen molar-refractivity contribution in [3.63, 3.8) is 0 Å². The minimum absolute atomic E-state index is 0.0203. The summed E-state index contributed by atoms with van der Waals surface area (Å²) in [5.74, 6) is 2.53. The van der Waals surface area contributed by atoms with Gasteiger partial charge >= 0.3 is 5.69 Å². The lowest BCUT2D eigenvalue weighted by molar-refractivity contribution is -0.386. The fraction of sp³-hybridized carbons (Fsp3) is 0.696. The molecule has 4 bridgehead atoms. The maximum atomic E-state index is 13.4. The standard InChI is InChI=1S/C23H31N3O6S/c1-32-21-3-2-19(11-20(21)26(28)29)33(30,31)25-6-4-24(5-7-25)15-22(27)23-12-16-8-17(13-23)10-18(9-16)14-23/h2-3,11,16-18H,4-10,12-15H2,1H3. The van der Waals surface area contributed by atoms with Crippen molar-refractivity contribution in [2.45, 2.75) is 43.4 Å². The fourth-order valence-corrected chi connectivity index (χ4v) is 8.52. The molecule has 1 heterocycles. The number of sulfonamides is 1. The number of hydrogen-bond donors (Lipinski definition) is 0. The maximum absolute atomic E-state index is 13.4. The molecular weight excluding hydrogens is 446 g/mol. The molecule has 1 saturated heterocycles. The van der Waals surface area contributed by atoms with Crippen molar-refractivity contribution in [1.82, 2.24) is 9.21 Å². The van der Waals surface area contributed by atoms with E-state index < -0.39 is 14.9 Å². The molecule has 0 radical (unpaired) electrons. The van der Waals surface area contributed by atoms with Gasteiger partial charge in [0.1, 0.15) is 0 Å². The van der Waals surface area contributed by atoms with E-state index in [9.17, 15) is 23.3 Å². The van der Waals surface area contributed by atoms with Gasteiger partial charge in [-0.15, -0.1) is 0 Å². The lowest BCUT2D eigenvalue weighted by Crippen LogP contribution is -2.55. The molecule has 1 aromatic rings. The van der Waals surface area contributed by atoms with Crippen molar-refractivity contribution in [2.24, 2.45) is 23.2 Å². The van der Waals surface area contributed by atoms with Gasteiger partial charge in [0.25, 0.3) is 0 Å². The van der Waals surface area contributed by atoms with Crippen molar-refractivity contribution >= 4 is 21.5 Å². The SMILES string of the molecule is COc1ccc(S(=O)(=O)N2CCN(CC(=O)C34CC5CC(CC(C5)C3)C4)CC2)cc1[N+](=O)[O-]. The van der Waals surface area contributed by atoms with Gasteiger partial charge in [0.05, 0.1) is 23.5 Å². The van der Waals surface area contributed by atoms with Crippen LogP contribution in [0.2, 0.25) is 0 Å². The number of ether oxygens (including phenoxy) is 1. The Morgan fingerprint density at radius 1 is 1.09 bits per heavy atom. The van der Waals surface area contributed by atoms with E-state index in [0.717, 1.165) is 43.1 Å². The van der Waals surface area contributed by atoms with Crippen LogP contribution >= 0.6 is 0 Å². The number of nitro groups is 1. The number of piperazine rings is 1. The molecule has 33 heavy (non-hydrogen) atoms. The number of nitrogens with zero attached hydrogens (tertiary/aromatic N) is 3. The van der Waals surface area contributed by atoms with Crippen molar-refractivity contribution in [3.05, 3.63) is 28.3 Å². The largest absolute Gasteiger partial charge is 0.490 e. The van der Waals surface area contributed by atoms with Crippen LogP contribution < -0.4 is 4.74 Å². The van der Waals surface area contributed by atoms with Gasteiger partial charge in [0.15, 0.2) is 11.5 Å². The number of rotatable bonds is 7. The van der Waals surface area contributed by atoms with Gasteiger partial charge in [-0.3, -0.25) is 19.8 Å². The predicted octanol–water partition coefficient (Wildman–Crippen LogP) is 2.70. The molecule has 0 spiro atoms. The Hall–Kier alpha value is -2.04. The van der Waals surface area contributed by atoms with E-state index in [0.29, 0.717) is 25.4 Å². The minimum atomic E-state index is -3.87. The van der Waals surface area contributed by atoms with Gasteiger partial charge in [-0.25, -0.2) is 8.42 Å². The first-order valence-electron chi connectivity index (χ1n) is 11.8. The number of carbonyl (C=O) groups is 1. The summed E-state index contributed by atoms with van der Waals surface area (Å²) in [7, 11) is -2.56. The lowest BCUT2D eigenvalue weighted by atomic mass is 9.48. The number of benzene rings is 1. The second kappa shape index (κ2) is 8.32. The Bertz CT molecular complexity index is 1030. The highest BCUT2D eigenvalue weighted by Gasteiger charge is 2.54. The van der Waals surface area contributed by atoms with Crippen LogP contribution in [0.3, 0.4) is 0 Å². The maximum Gasteiger partial charge on any atom is 0.312 e. The minimum Gasteiger partial charge on any atom is -0.490 e. The van der Waals surface area contributed by atoms with E-state index in [1.54, 1.807) is 0 Å². The molecule has 5 fully saturated rings. The third-order valence-corrected chi connectivity index (χ3v) is 10.2. The predicted molar refractivity (Wildman–Crippen MR) is 120 cm³/mol. The molecule has 0 amide bonds. The zero-order valence-corrected chi connectivity index (χ0v) is 19.8. The average Bonchev–Trinajstić information content (AvgIpc) is 2.78. The number of Topliss-reactive ketones (excluding diaryl/α,β-unsaturated/α-hetero) is 1. The van der Waals surface area contributed by atoms with E-state index >= 15 is 0 Å². The number of ketones is 1. The van der Waals surface area contributed by atoms with E-state index in [2.05, 4.69) is 4.90 Å². The lowest BCUT2D eigenvalue weighted by Gasteiger charge is -2.56. The summed E-state index contributed by atoms with van der Waals surface area (Å²) in [6, 6.07) is 3.70. The van der Waals surface area contributed by atoms with Crippen molar-refractivity contribution < 1.29 is 22.9 Å². The molecule has 9 nitrogen and oxygen atoms in total. The molecule has 4 saturated carbocycles. The topological polar surface area (TPSA) is 110 Å². The molecule has 180 valence electrons. The number of nitro benzene ring substituents is 1. The first kappa shape index (κ1) is 22.7. The first-order chi connectivity index (χ1) is 15.7. The van der Waals surface area contributed by atoms with Crippen molar-refractivity contribution in [2.75, 3.05) is 39.8 Å². The first-order valence-corrected chi connectivity index (χ1v) is 13.2. The highest BCUT2D eigenvalue weighted by atomic mass is 32.2. The van der Waals surface area contributed by atoms with Gasteiger partial charge in [-0.05, 0) is 68.4 Å². The molecule has 1 aromatic carbocycles. The molecule has 0 aromatic heterocycles. The summed E-state index contributed by atoms with van der Waals surface area (Å²) < 4.78 is 32.5. The van der Waals surface area contributed by atoms with E-state index in [4.69, 9.17) is 4.74 Å². The second-order valence-electron chi connectivity index (χ2n) is 10.4. The molecule has 6 rings (SSSR count). The number of methoxy groups -OCH3 is 1. The molecule has 5 aliphatic rings. The number of carbonyl (C=O) groups excluding carboxylic acids is 1. The molecular formula is C23H31N3O6S. The summed E-state index contributed by atoms with van der Waals surface area (Å²) in [6.45, 7) is 1.88. The zero-order valence-electron chi connectivity index (χ0n) is 18.9. The van der Waals surface area contributed by atoms with Gasteiger partial charge in [-0.1, -0.05) is 0 Å². The normalized spacial score (nSPS) is 32.1. The average molecular weight is 478 g/mol. The van der Waals surface area contributed by atoms with Crippen LogP contribution in [0.15, 0.2) is 23.1 Å². The summed E-state index contributed by atoms with van der Waals surface area (Å²) in [5, 5.41) is 11.3. The molecule has 0 N–H and O–H groups in total. The fourth-order valence-electron chi connectivity index (χ4n) is 7.07. The van der Waals surface area contributed by atoms with E-state index in [1.807, 2.05) is 0 Å². The molecule has 4 aliphatic carbocycles. The Kier molecular flexibility index (Phi) is 5.73. The van der Waals surface area contributed by atoms with Crippen molar-refractivity contribution in [3.8, 4) is 5.75 Å². The Balaban J connectivity index is 1.23. The van der Waals surface area contributed by atoms with Crippen LogP contribution in [0.25, 0.3) is 0 Å². The third-order valence-electron chi connectivity index (χ3n) is 8.31. The molecule has 0 atom stereocenters. The quantitative estimate of drug-likeness (QED) is 0.439. The molecule has 0 unspecified atom stereocenters. The van der Waals surface area contributed by atoms with Gasteiger partial charge in [0.2, 0.25) is 10.0 Å². The van der Waals surface area contributed by atoms with Crippen LogP contribution in [-0.4, -0.2) is 68.2 Å². The van der Waals surface area contributed by atoms with Crippen LogP contribution in [0.1, 0.15) is 38.5 Å². The molecule has 1 aliphatic heterocycles. The third kappa shape index (κ3) is 4.06. The van der Waals surface area contributed by atoms with Crippen molar-refractivity contribution in [1.29, 1.82) is 0 Å². The van der Waals surface area contributed by atoms with Gasteiger partial charge in [-0.2, -0.15) is 4.31 Å². The van der Waals surface area contributed by atoms with Crippen LogP contribution in [-0.2, 0) is 14.8 Å². The summed E-state index contributed by atoms with van der Waals surface area (Å²) in [5.41, 5.74) is -0.515. The zero-order chi connectivity index (χ0) is 23.4. The highest BCUT2D eigenvalue weighted by Crippen LogP contribution is 2.60. The van der Waals surface area contributed by atoms with Gasteiger partial charge < -0.3 is 4.74 Å². The van der Waals surface area contributed by atoms with Crippen LogP contribution in [0, 0.1) is 33.3 Å². The van der Waals surface area contributed by atoms with E-state index in [-0.39, 0.29) is 34.8 Å². The monoisotopic (exact) mass is 477 g/mol. The second-order valence-corrected chi connectivity index (χ2v) is 12.3. The smallest absolute Gasteiger partial charge is 0.312 e. The van der Waals surface area contributed by atoms with Gasteiger partial charge in [0, 0.05) is 37.7 Å². The summed E-state index contributed by atoms with van der Waals surface area (Å²) >= 11 is 0. The Morgan fingerprint density at radius 2 is 1.67 bits per heavy atom. The van der Waals surface area contributed by atoms with Crippen LogP contribution in [0.4, 0.5) is 5.69 Å². The summed E-state index contributed by atoms with van der Waals surface area (Å²) in [4.78, 5) is 26.0. The number of hydrogen-bond acceptors (Lipinski definition) is 7. The Labute approximate surface area is 194 Å². The Morgan fingerprint density at radius 3 is 2.18 bits per heavy atom. The molecule has 10 heteroatoms. The van der Waals surface area contributed by atoms with Crippen LogP contribution in [0.5, 0.6) is 5.75 Å². The summed E-state index contributed by atoms with van der Waals surface area (Å²) in [6.07, 6.45) is 7.03. The van der Waals surface area contributed by atoms with E-state index in [1.165, 1.54) is 42.8 Å². The highest BCUT2D eigenvalue weighted by molar-refractivity contribution is 7.89.